The van der Waals surface area contributed by atoms with Gasteiger partial charge in [0.2, 0.25) is 0 Å². The molecule has 0 aliphatic carbocycles. The highest BCUT2D eigenvalue weighted by atomic mass is 32.1. The summed E-state index contributed by atoms with van der Waals surface area (Å²) in [4.78, 5) is 2.11. The predicted molar refractivity (Wildman–Crippen MR) is 144 cm³/mol. The minimum Gasteiger partial charge on any atom is -0.492 e. The van der Waals surface area contributed by atoms with Gasteiger partial charge in [-0.3, -0.25) is 14.4 Å². The number of halogens is 6. The number of rotatable bonds is 9. The van der Waals surface area contributed by atoms with Gasteiger partial charge in [-0.15, -0.1) is 11.3 Å². The van der Waals surface area contributed by atoms with Crippen LogP contribution in [0.1, 0.15) is 12.5 Å². The Morgan fingerprint density at radius 3 is 2.49 bits per heavy atom. The molecule has 1 aliphatic heterocycles. The molecule has 0 amide bonds. The molecule has 0 atom stereocenters. The highest BCUT2D eigenvalue weighted by Gasteiger charge is 2.32. The molecule has 3 heterocycles. The number of aromatic nitrogens is 2. The highest BCUT2D eigenvalue weighted by Crippen LogP contribution is 2.51. The minimum atomic E-state index is -3.42. The summed E-state index contributed by atoms with van der Waals surface area (Å²) in [5.41, 5.74) is 0.0323. The molecule has 0 unspecified atom stereocenters. The van der Waals surface area contributed by atoms with Gasteiger partial charge >= 0.3 is 0 Å². The molecule has 6 rings (SSSR count). The molecule has 12 heteroatoms. The zero-order valence-corrected chi connectivity index (χ0v) is 22.4. The highest BCUT2D eigenvalue weighted by molar-refractivity contribution is 7.23. The van der Waals surface area contributed by atoms with Gasteiger partial charge in [0.15, 0.2) is 23.1 Å². The van der Waals surface area contributed by atoms with Gasteiger partial charge in [-0.1, -0.05) is 6.07 Å². The van der Waals surface area contributed by atoms with Gasteiger partial charge in [-0.2, -0.15) is 5.10 Å². The van der Waals surface area contributed by atoms with Crippen molar-refractivity contribution in [2.75, 3.05) is 32.9 Å². The number of likely N-dealkylation sites (tertiary alicyclic amines) is 1. The number of nitrogens with one attached hydrogen (secondary N) is 1. The smallest absolute Gasteiger partial charge is 0.271 e. The molecule has 0 saturated carbocycles. The van der Waals surface area contributed by atoms with E-state index in [0.717, 1.165) is 35.6 Å². The topological polar surface area (TPSA) is 50.4 Å². The molecular weight excluding hydrogens is 568 g/mol. The fourth-order valence-corrected chi connectivity index (χ4v) is 6.26. The van der Waals surface area contributed by atoms with E-state index < -0.39 is 34.7 Å². The van der Waals surface area contributed by atoms with Crippen LogP contribution in [0, 0.1) is 23.4 Å². The zero-order chi connectivity index (χ0) is 28.9. The Labute approximate surface area is 234 Å². The number of hydrogen-bond donors (Lipinski definition) is 1. The molecule has 1 fully saturated rings. The third kappa shape index (κ3) is 5.21. The normalized spacial score (nSPS) is 14.6. The first kappa shape index (κ1) is 27.4. The van der Waals surface area contributed by atoms with E-state index in [1.165, 1.54) is 6.07 Å². The van der Waals surface area contributed by atoms with E-state index >= 15 is 8.78 Å². The van der Waals surface area contributed by atoms with Crippen LogP contribution in [0.5, 0.6) is 17.2 Å². The molecule has 0 spiro atoms. The Balaban J connectivity index is 1.38. The standard InChI is InChI=1S/C29H23F6N3O2S/c1-29(34,35)21-8-16(31)2-3-18(21)28-25(19-4-5-24-20(12-36-37-24)27(19)41-28)40-26-22(32)9-17(10-23(26)33)39-7-6-38-13-15(11-30)14-38/h2-5,8-10,12,15H,6-7,11,13-14H2,1H3,(H,36,37). The molecule has 1 aliphatic rings. The molecule has 5 aromatic rings. The zero-order valence-electron chi connectivity index (χ0n) is 21.6. The van der Waals surface area contributed by atoms with Gasteiger partial charge in [0.25, 0.3) is 5.92 Å². The van der Waals surface area contributed by atoms with E-state index in [1.54, 1.807) is 18.3 Å². The van der Waals surface area contributed by atoms with Crippen molar-refractivity contribution >= 4 is 32.3 Å². The lowest BCUT2D eigenvalue weighted by molar-refractivity contribution is 0.0178. The van der Waals surface area contributed by atoms with Gasteiger partial charge in [0.1, 0.15) is 18.2 Å². The van der Waals surface area contributed by atoms with Gasteiger partial charge < -0.3 is 9.47 Å². The number of alkyl halides is 3. The summed E-state index contributed by atoms with van der Waals surface area (Å²) in [6, 6.07) is 8.25. The fraction of sp³-hybridized carbons (Fsp3) is 0.276. The maximum absolute atomic E-state index is 15.2. The Morgan fingerprint density at radius 1 is 1.02 bits per heavy atom. The van der Waals surface area contributed by atoms with Crippen LogP contribution < -0.4 is 9.47 Å². The summed E-state index contributed by atoms with van der Waals surface area (Å²) >= 11 is 1.07. The number of benzene rings is 3. The number of ether oxygens (including phenoxy) is 2. The van der Waals surface area contributed by atoms with Crippen LogP contribution >= 0.6 is 11.3 Å². The van der Waals surface area contributed by atoms with Crippen molar-refractivity contribution in [3.8, 4) is 27.7 Å². The van der Waals surface area contributed by atoms with E-state index in [4.69, 9.17) is 9.47 Å². The van der Waals surface area contributed by atoms with Crippen LogP contribution in [0.4, 0.5) is 26.3 Å². The first-order valence-electron chi connectivity index (χ1n) is 12.8. The predicted octanol–water partition coefficient (Wildman–Crippen LogP) is 8.05. The van der Waals surface area contributed by atoms with Gasteiger partial charge in [-0.25, -0.2) is 22.0 Å². The second-order valence-electron chi connectivity index (χ2n) is 10.1. The van der Waals surface area contributed by atoms with E-state index in [1.807, 2.05) is 4.90 Å². The average molecular weight is 592 g/mol. The SMILES string of the molecule is CC(F)(F)c1cc(F)ccc1-c1sc2c(ccc3[nH]ncc32)c1Oc1c(F)cc(OCCN2CC(CF)C2)cc1F. The third-order valence-corrected chi connectivity index (χ3v) is 8.29. The van der Waals surface area contributed by atoms with E-state index in [0.29, 0.717) is 47.5 Å². The first-order chi connectivity index (χ1) is 19.6. The van der Waals surface area contributed by atoms with Gasteiger partial charge in [0.05, 0.1) is 23.3 Å². The lowest BCUT2D eigenvalue weighted by Crippen LogP contribution is -2.49. The van der Waals surface area contributed by atoms with Crippen LogP contribution in [-0.4, -0.2) is 48.0 Å². The molecule has 2 aromatic heterocycles. The third-order valence-electron chi connectivity index (χ3n) is 7.03. The molecule has 5 nitrogen and oxygen atoms in total. The Bertz CT molecular complexity index is 1720. The van der Waals surface area contributed by atoms with Crippen molar-refractivity contribution in [3.63, 3.8) is 0 Å². The van der Waals surface area contributed by atoms with E-state index in [2.05, 4.69) is 10.2 Å². The molecule has 1 saturated heterocycles. The molecule has 0 bridgehead atoms. The molecule has 1 N–H and O–H groups in total. The second-order valence-corrected chi connectivity index (χ2v) is 11.1. The summed E-state index contributed by atoms with van der Waals surface area (Å²) in [5, 5.41) is 7.91. The number of hydrogen-bond acceptors (Lipinski definition) is 5. The van der Waals surface area contributed by atoms with Crippen LogP contribution in [0.3, 0.4) is 0 Å². The van der Waals surface area contributed by atoms with Crippen molar-refractivity contribution in [2.24, 2.45) is 5.92 Å². The summed E-state index contributed by atoms with van der Waals surface area (Å²) in [5.74, 6) is -7.24. The van der Waals surface area contributed by atoms with Crippen molar-refractivity contribution in [1.82, 2.24) is 15.1 Å². The van der Waals surface area contributed by atoms with Crippen LogP contribution in [0.2, 0.25) is 0 Å². The second kappa shape index (κ2) is 10.6. The van der Waals surface area contributed by atoms with Gasteiger partial charge in [-0.05, 0) is 24.3 Å². The van der Waals surface area contributed by atoms with E-state index in [9.17, 15) is 17.6 Å². The largest absolute Gasteiger partial charge is 0.492 e. The molecule has 41 heavy (non-hydrogen) atoms. The Morgan fingerprint density at radius 2 is 1.78 bits per heavy atom. The lowest BCUT2D eigenvalue weighted by Gasteiger charge is -2.37. The number of H-pyrrole nitrogens is 1. The number of aromatic amines is 1. The monoisotopic (exact) mass is 591 g/mol. The average Bonchev–Trinajstić information content (AvgIpc) is 3.51. The van der Waals surface area contributed by atoms with Gasteiger partial charge in [0, 0.05) is 71.2 Å². The van der Waals surface area contributed by atoms with Crippen molar-refractivity contribution in [1.29, 1.82) is 0 Å². The van der Waals surface area contributed by atoms with E-state index in [-0.39, 0.29) is 41.1 Å². The number of thiophene rings is 1. The molecule has 0 radical (unpaired) electrons. The van der Waals surface area contributed by atoms with Crippen molar-refractivity contribution in [3.05, 3.63) is 71.7 Å². The maximum atomic E-state index is 15.2. The first-order valence-corrected chi connectivity index (χ1v) is 13.6. The molecular formula is C29H23F6N3O2S. The summed E-state index contributed by atoms with van der Waals surface area (Å²) in [7, 11) is 0. The molecule has 214 valence electrons. The quantitative estimate of drug-likeness (QED) is 0.176. The minimum absolute atomic E-state index is 0.0125. The summed E-state index contributed by atoms with van der Waals surface area (Å²) in [6.07, 6.45) is 1.55. The number of nitrogens with zero attached hydrogens (tertiary/aromatic N) is 2. The lowest BCUT2D eigenvalue weighted by atomic mass is 10.00. The maximum Gasteiger partial charge on any atom is 0.271 e. The summed E-state index contributed by atoms with van der Waals surface area (Å²) in [6.45, 7) is 2.11. The Kier molecular flexibility index (Phi) is 7.06. The molecule has 3 aromatic carbocycles. The Hall–Kier alpha value is -3.77. The van der Waals surface area contributed by atoms with Crippen molar-refractivity contribution < 1.29 is 35.8 Å². The van der Waals surface area contributed by atoms with Crippen molar-refractivity contribution in [2.45, 2.75) is 12.8 Å². The van der Waals surface area contributed by atoms with Crippen LogP contribution in [-0.2, 0) is 5.92 Å². The number of fused-ring (bicyclic) bond motifs is 3. The van der Waals surface area contributed by atoms with Crippen LogP contribution in [0.25, 0.3) is 31.4 Å². The fourth-order valence-electron chi connectivity index (χ4n) is 4.98. The van der Waals surface area contributed by atoms with Crippen LogP contribution in [0.15, 0.2) is 48.7 Å². The summed E-state index contributed by atoms with van der Waals surface area (Å²) < 4.78 is 98.3.